The summed E-state index contributed by atoms with van der Waals surface area (Å²) in [6.45, 7) is 0.813. The fraction of sp³-hybridized carbons (Fsp3) is 0.520. The second-order valence-corrected chi connectivity index (χ2v) is 10.4. The van der Waals surface area contributed by atoms with Crippen LogP contribution in [0.3, 0.4) is 0 Å². The molecule has 2 aromatic rings. The molecule has 196 valence electrons. The van der Waals surface area contributed by atoms with Crippen LogP contribution in [0, 0.1) is 29.1 Å². The third-order valence-corrected chi connectivity index (χ3v) is 8.18. The summed E-state index contributed by atoms with van der Waals surface area (Å²) in [5.74, 6) is -1.64. The Morgan fingerprint density at radius 1 is 1.27 bits per heavy atom. The molecule has 0 bridgehead atoms. The third kappa shape index (κ3) is 4.63. The van der Waals surface area contributed by atoms with Crippen molar-refractivity contribution in [1.29, 1.82) is 5.26 Å². The van der Waals surface area contributed by atoms with Crippen LogP contribution in [0.2, 0.25) is 5.02 Å². The summed E-state index contributed by atoms with van der Waals surface area (Å²) in [7, 11) is 0. The van der Waals surface area contributed by atoms with E-state index in [2.05, 4.69) is 15.6 Å². The fourth-order valence-corrected chi connectivity index (χ4v) is 6.31. The fourth-order valence-electron chi connectivity index (χ4n) is 6.10. The Morgan fingerprint density at radius 3 is 2.73 bits per heavy atom. The van der Waals surface area contributed by atoms with Crippen LogP contribution in [0.5, 0.6) is 0 Å². The van der Waals surface area contributed by atoms with Gasteiger partial charge in [0, 0.05) is 29.4 Å². The molecule has 1 saturated carbocycles. The van der Waals surface area contributed by atoms with Gasteiger partial charge >= 0.3 is 6.18 Å². The van der Waals surface area contributed by atoms with E-state index in [1.54, 1.807) is 0 Å². The van der Waals surface area contributed by atoms with Crippen LogP contribution in [0.15, 0.2) is 18.2 Å². The van der Waals surface area contributed by atoms with E-state index >= 15 is 0 Å². The molecule has 0 radical (unpaired) electrons. The van der Waals surface area contributed by atoms with Crippen LogP contribution in [0.1, 0.15) is 48.2 Å². The van der Waals surface area contributed by atoms with E-state index in [0.717, 1.165) is 31.4 Å². The zero-order valence-electron chi connectivity index (χ0n) is 19.7. The first-order valence-electron chi connectivity index (χ1n) is 12.3. The Labute approximate surface area is 215 Å². The summed E-state index contributed by atoms with van der Waals surface area (Å²) in [4.78, 5) is 42.9. The maximum absolute atomic E-state index is 13.6. The molecule has 37 heavy (non-hydrogen) atoms. The quantitative estimate of drug-likeness (QED) is 0.542. The minimum atomic E-state index is -4.65. The van der Waals surface area contributed by atoms with Crippen molar-refractivity contribution in [2.24, 2.45) is 17.8 Å². The molecule has 12 heteroatoms. The van der Waals surface area contributed by atoms with E-state index in [1.807, 2.05) is 6.07 Å². The second-order valence-electron chi connectivity index (χ2n) is 10.0. The number of nitrogens with zero attached hydrogens (tertiary/aromatic N) is 2. The summed E-state index contributed by atoms with van der Waals surface area (Å²) in [5.41, 5.74) is -1.32. The van der Waals surface area contributed by atoms with E-state index in [4.69, 9.17) is 11.6 Å². The van der Waals surface area contributed by atoms with Crippen molar-refractivity contribution in [1.82, 2.24) is 20.5 Å². The second kappa shape index (κ2) is 9.56. The van der Waals surface area contributed by atoms with Gasteiger partial charge in [0.2, 0.25) is 11.8 Å². The average molecular weight is 536 g/mol. The van der Waals surface area contributed by atoms with Crippen molar-refractivity contribution in [2.45, 2.75) is 50.4 Å². The highest BCUT2D eigenvalue weighted by atomic mass is 35.5. The lowest BCUT2D eigenvalue weighted by molar-refractivity contribution is -0.136. The number of benzene rings is 1. The van der Waals surface area contributed by atoms with Crippen LogP contribution >= 0.6 is 11.6 Å². The SMILES string of the molecule is N#C[C@H](C[C@@H]1CCNC1=O)NC(=O)[C@@H]1[C@H]2CCC[C@H]2CN1C(=O)c1cc2c(Cl)ccc(C(F)(F)F)c2[nH]1. The lowest BCUT2D eigenvalue weighted by Crippen LogP contribution is -2.51. The maximum atomic E-state index is 13.6. The molecule has 0 spiro atoms. The van der Waals surface area contributed by atoms with Gasteiger partial charge in [-0.25, -0.2) is 0 Å². The molecule has 5 rings (SSSR count). The molecule has 3 amide bonds. The Balaban J connectivity index is 1.41. The van der Waals surface area contributed by atoms with Crippen molar-refractivity contribution in [3.8, 4) is 6.07 Å². The number of carbonyl (C=O) groups excluding carboxylic acids is 3. The smallest absolute Gasteiger partial charge is 0.356 e. The number of alkyl halides is 3. The van der Waals surface area contributed by atoms with Crippen LogP contribution in [-0.4, -0.2) is 52.8 Å². The molecule has 2 saturated heterocycles. The number of likely N-dealkylation sites (tertiary alicyclic amines) is 1. The largest absolute Gasteiger partial charge is 0.418 e. The first-order chi connectivity index (χ1) is 17.6. The Hall–Kier alpha value is -3.26. The number of rotatable bonds is 5. The lowest BCUT2D eigenvalue weighted by atomic mass is 9.92. The molecule has 0 unspecified atom stereocenters. The van der Waals surface area contributed by atoms with Crippen LogP contribution in [-0.2, 0) is 15.8 Å². The van der Waals surface area contributed by atoms with Gasteiger partial charge in [-0.15, -0.1) is 0 Å². The molecule has 1 aliphatic carbocycles. The molecule has 3 fully saturated rings. The van der Waals surface area contributed by atoms with Gasteiger partial charge in [0.1, 0.15) is 17.8 Å². The number of nitriles is 1. The topological polar surface area (TPSA) is 118 Å². The van der Waals surface area contributed by atoms with Crippen molar-refractivity contribution in [2.75, 3.05) is 13.1 Å². The van der Waals surface area contributed by atoms with E-state index in [-0.39, 0.29) is 51.7 Å². The molecule has 3 N–H and O–H groups in total. The lowest BCUT2D eigenvalue weighted by Gasteiger charge is -2.28. The molecule has 8 nitrogen and oxygen atoms in total. The van der Waals surface area contributed by atoms with Crippen LogP contribution in [0.25, 0.3) is 10.9 Å². The first-order valence-corrected chi connectivity index (χ1v) is 12.6. The van der Waals surface area contributed by atoms with Gasteiger partial charge in [0.05, 0.1) is 17.1 Å². The molecule has 3 heterocycles. The average Bonchev–Trinajstić information content (AvgIpc) is 3.61. The number of amides is 3. The predicted molar refractivity (Wildman–Crippen MR) is 127 cm³/mol. The molecule has 5 atom stereocenters. The normalized spacial score (nSPS) is 26.1. The molecular weight excluding hydrogens is 511 g/mol. The zero-order chi connectivity index (χ0) is 26.5. The summed E-state index contributed by atoms with van der Waals surface area (Å²) in [5, 5.41) is 15.2. The Morgan fingerprint density at radius 2 is 2.05 bits per heavy atom. The summed E-state index contributed by atoms with van der Waals surface area (Å²) in [6, 6.07) is 3.56. The molecule has 1 aromatic carbocycles. The van der Waals surface area contributed by atoms with Crippen LogP contribution < -0.4 is 10.6 Å². The van der Waals surface area contributed by atoms with Crippen molar-refractivity contribution >= 4 is 40.2 Å². The standard InChI is InChI=1S/C25H25ClF3N5O3/c26-18-5-4-17(25(27,28)29)20-16(18)9-19(33-20)24(37)34-11-13-2-1-3-15(13)21(34)23(36)32-14(10-30)8-12-6-7-31-22(12)35/h4-5,9,12-15,21,33H,1-3,6-8,11H2,(H,31,35)(H,32,36)/t12-,13-,14-,15-,21-/m0/s1. The molecule has 3 aliphatic rings. The van der Waals surface area contributed by atoms with Crippen molar-refractivity contribution in [3.63, 3.8) is 0 Å². The minimum absolute atomic E-state index is 0.0682. The number of carbonyl (C=O) groups is 3. The maximum Gasteiger partial charge on any atom is 0.418 e. The van der Waals surface area contributed by atoms with Gasteiger partial charge in [-0.05, 0) is 55.7 Å². The minimum Gasteiger partial charge on any atom is -0.356 e. The Kier molecular flexibility index (Phi) is 6.56. The first kappa shape index (κ1) is 25.4. The summed E-state index contributed by atoms with van der Waals surface area (Å²) in [6.07, 6.45) is -1.44. The number of hydrogen-bond donors (Lipinski definition) is 3. The van der Waals surface area contributed by atoms with Crippen LogP contribution in [0.4, 0.5) is 13.2 Å². The highest BCUT2D eigenvalue weighted by Crippen LogP contribution is 2.43. The van der Waals surface area contributed by atoms with E-state index in [0.29, 0.717) is 19.5 Å². The van der Waals surface area contributed by atoms with Gasteiger partial charge in [-0.3, -0.25) is 14.4 Å². The monoisotopic (exact) mass is 535 g/mol. The summed E-state index contributed by atoms with van der Waals surface area (Å²) < 4.78 is 40.6. The van der Waals surface area contributed by atoms with Gasteiger partial charge in [-0.1, -0.05) is 18.0 Å². The number of fused-ring (bicyclic) bond motifs is 2. The molecular formula is C25H25ClF3N5O3. The van der Waals surface area contributed by atoms with Gasteiger partial charge in [0.15, 0.2) is 0 Å². The zero-order valence-corrected chi connectivity index (χ0v) is 20.5. The predicted octanol–water partition coefficient (Wildman–Crippen LogP) is 3.62. The number of aromatic nitrogens is 1. The summed E-state index contributed by atoms with van der Waals surface area (Å²) >= 11 is 6.13. The van der Waals surface area contributed by atoms with Crippen molar-refractivity contribution in [3.05, 3.63) is 34.5 Å². The third-order valence-electron chi connectivity index (χ3n) is 7.85. The van der Waals surface area contributed by atoms with Gasteiger partial charge in [-0.2, -0.15) is 18.4 Å². The Bertz CT molecular complexity index is 1300. The highest BCUT2D eigenvalue weighted by Gasteiger charge is 2.50. The number of aromatic amines is 1. The number of H-pyrrole nitrogens is 1. The van der Waals surface area contributed by atoms with E-state index < -0.39 is 35.6 Å². The van der Waals surface area contributed by atoms with E-state index in [1.165, 1.54) is 11.0 Å². The van der Waals surface area contributed by atoms with Gasteiger partial charge < -0.3 is 20.5 Å². The van der Waals surface area contributed by atoms with Gasteiger partial charge in [0.25, 0.3) is 5.91 Å². The molecule has 1 aromatic heterocycles. The number of nitrogens with one attached hydrogen (secondary N) is 3. The van der Waals surface area contributed by atoms with Crippen molar-refractivity contribution < 1.29 is 27.6 Å². The number of halogens is 4. The highest BCUT2D eigenvalue weighted by molar-refractivity contribution is 6.35. The number of hydrogen-bond acceptors (Lipinski definition) is 4. The van der Waals surface area contributed by atoms with E-state index in [9.17, 15) is 32.8 Å². The molecule has 2 aliphatic heterocycles.